The molecule has 0 aliphatic heterocycles. The van der Waals surface area contributed by atoms with Gasteiger partial charge in [-0.15, -0.1) is 12.0 Å². The molecule has 0 nitrogen and oxygen atoms in total. The first-order valence-corrected chi connectivity index (χ1v) is 12.8. The molecule has 0 unspecified atom stereocenters. The maximum atomic E-state index is 3.30. The van der Waals surface area contributed by atoms with Gasteiger partial charge in [0, 0.05) is 0 Å². The monoisotopic (exact) mass is 556 g/mol. The summed E-state index contributed by atoms with van der Waals surface area (Å²) >= 11 is 1.15. The van der Waals surface area contributed by atoms with Crippen LogP contribution in [0.5, 0.6) is 0 Å². The predicted octanol–water partition coefficient (Wildman–Crippen LogP) is 7.09. The van der Waals surface area contributed by atoms with Crippen molar-refractivity contribution in [2.24, 2.45) is 0 Å². The summed E-state index contributed by atoms with van der Waals surface area (Å²) in [6.45, 7) is 2.24. The van der Waals surface area contributed by atoms with Crippen LogP contribution in [0, 0.1) is 12.1 Å². The van der Waals surface area contributed by atoms with E-state index in [0.29, 0.717) is 0 Å². The molecule has 0 amide bonds. The minimum Gasteiger partial charge on any atom is -0.273 e. The number of aryl methyl sites for hydroxylation is 1. The van der Waals surface area contributed by atoms with Gasteiger partial charge in [-0.05, 0) is 6.42 Å². The Hall–Kier alpha value is -2.12. The number of fused-ring (bicyclic) bond motifs is 3. The second-order valence-electron chi connectivity index (χ2n) is 7.39. The molecule has 0 atom stereocenters. The van der Waals surface area contributed by atoms with Gasteiger partial charge in [-0.1, -0.05) is 35.4 Å². The van der Waals surface area contributed by atoms with Crippen molar-refractivity contribution < 1.29 is 23.9 Å². The summed E-state index contributed by atoms with van der Waals surface area (Å²) in [5.41, 5.74) is 8.36. The second-order valence-corrected chi connectivity index (χ2v) is 8.43. The number of hydrogen-bond acceptors (Lipinski definition) is 0. The molecule has 0 fully saturated rings. The average molecular weight is 555 g/mol. The number of rotatable bonds is 4. The molecule has 0 radical (unpaired) electrons. The molecule has 0 saturated heterocycles. The van der Waals surface area contributed by atoms with Crippen molar-refractivity contribution in [3.63, 3.8) is 0 Å². The first-order valence-electron chi connectivity index (χ1n) is 10.7. The number of benzene rings is 3. The van der Waals surface area contributed by atoms with Crippen LogP contribution in [0.4, 0.5) is 0 Å². The van der Waals surface area contributed by atoms with Crippen molar-refractivity contribution in [2.45, 2.75) is 39.0 Å². The van der Waals surface area contributed by atoms with Crippen molar-refractivity contribution in [3.8, 4) is 11.1 Å². The fraction of sp³-hybridized carbons (Fsp3) is 0.207. The van der Waals surface area contributed by atoms with Crippen LogP contribution in [0.1, 0.15) is 48.4 Å². The van der Waals surface area contributed by atoms with E-state index in [2.05, 4.69) is 89.6 Å². The van der Waals surface area contributed by atoms with Crippen molar-refractivity contribution in [1.82, 2.24) is 0 Å². The Bertz CT molecular complexity index is 939. The second kappa shape index (κ2) is 12.5. The Labute approximate surface area is 196 Å². The normalized spacial score (nSPS) is 12.2. The molecule has 0 saturated carbocycles. The van der Waals surface area contributed by atoms with Crippen molar-refractivity contribution in [2.75, 3.05) is 0 Å². The minimum atomic E-state index is 1.01. The molecule has 2 aliphatic rings. The molecular weight excluding hydrogens is 527 g/mol. The molecule has 148 valence electrons. The van der Waals surface area contributed by atoms with Gasteiger partial charge in [-0.25, -0.2) is 12.2 Å². The van der Waals surface area contributed by atoms with Gasteiger partial charge >= 0.3 is 89.2 Å². The summed E-state index contributed by atoms with van der Waals surface area (Å²) in [4.78, 5) is 0. The van der Waals surface area contributed by atoms with E-state index in [1.807, 2.05) is 18.2 Å². The number of allylic oxidation sites excluding steroid dienone is 4. The Kier molecular flexibility index (Phi) is 9.44. The number of unbranched alkanes of at least 4 members (excludes halogenated alkanes) is 1. The summed E-state index contributed by atoms with van der Waals surface area (Å²) in [7, 11) is 0. The van der Waals surface area contributed by atoms with Gasteiger partial charge in [0.05, 0.1) is 0 Å². The Morgan fingerprint density at radius 1 is 0.967 bits per heavy atom. The summed E-state index contributed by atoms with van der Waals surface area (Å²) in [5, 5.41) is 0. The molecule has 0 N–H and O–H groups in total. The van der Waals surface area contributed by atoms with E-state index in [0.717, 1.165) is 36.7 Å². The summed E-state index contributed by atoms with van der Waals surface area (Å²) in [6, 6.07) is 27.0. The van der Waals surface area contributed by atoms with E-state index in [1.54, 1.807) is 0 Å². The first-order chi connectivity index (χ1) is 14.8. The maximum Gasteiger partial charge on any atom is -0.0253 e. The van der Waals surface area contributed by atoms with Crippen LogP contribution < -0.4 is 0 Å². The number of hydrogen-bond donors (Lipinski definition) is 0. The summed E-state index contributed by atoms with van der Waals surface area (Å²) < 4.78 is 2.27. The zero-order valence-electron chi connectivity index (χ0n) is 17.7. The van der Waals surface area contributed by atoms with Gasteiger partial charge in [0.25, 0.3) is 0 Å². The van der Waals surface area contributed by atoms with E-state index < -0.39 is 0 Å². The Balaban J connectivity index is 0.000000140. The van der Waals surface area contributed by atoms with Crippen LogP contribution in [0.15, 0.2) is 85.0 Å². The summed E-state index contributed by atoms with van der Waals surface area (Å²) in [6.07, 6.45) is 14.9. The van der Waals surface area contributed by atoms with Crippen molar-refractivity contribution in [3.05, 3.63) is 119 Å². The van der Waals surface area contributed by atoms with Gasteiger partial charge in [-0.3, -0.25) is 6.08 Å². The topological polar surface area (TPSA) is 0 Å². The van der Waals surface area contributed by atoms with Gasteiger partial charge in [0.15, 0.2) is 0 Å². The van der Waals surface area contributed by atoms with E-state index >= 15 is 0 Å². The van der Waals surface area contributed by atoms with E-state index in [1.165, 1.54) is 52.6 Å². The van der Waals surface area contributed by atoms with Crippen molar-refractivity contribution in [1.29, 1.82) is 0 Å². The maximum absolute atomic E-state index is 3.30. The smallest absolute Gasteiger partial charge is 0.0253 e. The molecule has 0 spiro atoms. The third-order valence-corrected chi connectivity index (χ3v) is 6.37. The molecule has 3 aromatic carbocycles. The van der Waals surface area contributed by atoms with Crippen LogP contribution in [-0.4, -0.2) is 3.76 Å². The fourth-order valence-corrected chi connectivity index (χ4v) is 4.19. The first kappa shape index (κ1) is 22.6. The van der Waals surface area contributed by atoms with Crippen LogP contribution in [0.3, 0.4) is 0 Å². The third-order valence-electron chi connectivity index (χ3n) is 5.17. The predicted molar refractivity (Wildman–Crippen MR) is 125 cm³/mol. The SMILES string of the molecule is CCCCc1ccc([CH]=[Hf+2])cc1.[C-]1=CC=CC1.[c-]1cccc2c1Cc1ccccc1-2. The van der Waals surface area contributed by atoms with Gasteiger partial charge in [0.2, 0.25) is 0 Å². The van der Waals surface area contributed by atoms with E-state index in [-0.39, 0.29) is 0 Å². The Morgan fingerprint density at radius 3 is 2.43 bits per heavy atom. The Morgan fingerprint density at radius 2 is 1.77 bits per heavy atom. The standard InChI is InChI=1S/C13H9.C11H14.C5H5.Hf/c1-3-7-12-10(5-1)9-11-6-2-4-8-13(11)12;1-3-4-5-11-8-6-10(2)7-9-11;1-2-4-5-3-1;/h1-5,7-8H,9H2;2,6-9H,3-5H2,1H3;1-3H,4H2;/q-1;;-1;+2. The van der Waals surface area contributed by atoms with Gasteiger partial charge in [-0.2, -0.15) is 35.9 Å². The molecule has 1 heteroatoms. The molecule has 30 heavy (non-hydrogen) atoms. The van der Waals surface area contributed by atoms with Crippen LogP contribution >= 0.6 is 0 Å². The minimum absolute atomic E-state index is 1.01. The molecule has 0 bridgehead atoms. The quantitative estimate of drug-likeness (QED) is 0.187. The fourth-order valence-electron chi connectivity index (χ4n) is 3.50. The summed E-state index contributed by atoms with van der Waals surface area (Å²) in [5.74, 6) is 0. The molecule has 3 aromatic rings. The molecular formula is C29H28Hf. The molecule has 0 heterocycles. The van der Waals surface area contributed by atoms with Gasteiger partial charge in [0.1, 0.15) is 0 Å². The largest absolute Gasteiger partial charge is 0.273 e. The van der Waals surface area contributed by atoms with E-state index in [4.69, 9.17) is 0 Å². The molecule has 5 rings (SSSR count). The molecule has 2 aliphatic carbocycles. The van der Waals surface area contributed by atoms with Crippen LogP contribution in [0.25, 0.3) is 11.1 Å². The average Bonchev–Trinajstić information content (AvgIpc) is 3.50. The zero-order chi connectivity index (χ0) is 21.0. The molecule has 0 aromatic heterocycles. The zero-order valence-corrected chi connectivity index (χ0v) is 21.3. The van der Waals surface area contributed by atoms with Crippen LogP contribution in [-0.2, 0) is 36.7 Å². The van der Waals surface area contributed by atoms with Crippen LogP contribution in [0.2, 0.25) is 0 Å². The van der Waals surface area contributed by atoms with E-state index in [9.17, 15) is 0 Å². The van der Waals surface area contributed by atoms with Crippen molar-refractivity contribution >= 4 is 3.76 Å². The third kappa shape index (κ3) is 6.71. The van der Waals surface area contributed by atoms with Gasteiger partial charge < -0.3 is 0 Å².